The second-order valence-corrected chi connectivity index (χ2v) is 6.69. The molecule has 0 aliphatic rings. The molecular weight excluding hydrogens is 386 g/mol. The van der Waals surface area contributed by atoms with Crippen LogP contribution in [0.1, 0.15) is 16.9 Å². The Bertz CT molecular complexity index is 1350. The average Bonchev–Trinajstić information content (AvgIpc) is 3.19. The number of benzene rings is 2. The lowest BCUT2D eigenvalue weighted by atomic mass is 10.1. The van der Waals surface area contributed by atoms with E-state index >= 15 is 0 Å². The van der Waals surface area contributed by atoms with Gasteiger partial charge in [0.05, 0.1) is 28.9 Å². The summed E-state index contributed by atoms with van der Waals surface area (Å²) in [6.45, 7) is 3.89. The van der Waals surface area contributed by atoms with Gasteiger partial charge in [0, 0.05) is 0 Å². The van der Waals surface area contributed by atoms with Crippen molar-refractivity contribution in [2.45, 2.75) is 13.8 Å². The molecule has 9 heteroatoms. The highest BCUT2D eigenvalue weighted by atomic mass is 16.6. The summed E-state index contributed by atoms with van der Waals surface area (Å²) in [5, 5.41) is 15.3. The molecule has 0 atom stereocenters. The average molecular weight is 403 g/mol. The number of nitrogens with zero attached hydrogens (tertiary/aromatic N) is 4. The summed E-state index contributed by atoms with van der Waals surface area (Å²) in [6, 6.07) is 15.5. The van der Waals surface area contributed by atoms with E-state index in [1.165, 1.54) is 22.9 Å². The van der Waals surface area contributed by atoms with E-state index in [9.17, 15) is 14.9 Å². The molecule has 0 fully saturated rings. The highest BCUT2D eigenvalue weighted by Crippen LogP contribution is 2.20. The molecule has 0 spiro atoms. The third kappa shape index (κ3) is 3.55. The first kappa shape index (κ1) is 19.1. The van der Waals surface area contributed by atoms with Gasteiger partial charge in [0.2, 0.25) is 5.95 Å². The molecule has 150 valence electrons. The van der Waals surface area contributed by atoms with Crippen molar-refractivity contribution in [2.24, 2.45) is 5.10 Å². The van der Waals surface area contributed by atoms with Gasteiger partial charge in [0.15, 0.2) is 5.76 Å². The molecule has 4 rings (SSSR count). The molecule has 2 aromatic heterocycles. The van der Waals surface area contributed by atoms with Crippen LogP contribution in [0.5, 0.6) is 0 Å². The van der Waals surface area contributed by atoms with Gasteiger partial charge >= 0.3 is 5.88 Å². The van der Waals surface area contributed by atoms with E-state index in [4.69, 9.17) is 4.42 Å². The van der Waals surface area contributed by atoms with E-state index in [2.05, 4.69) is 15.5 Å². The highest BCUT2D eigenvalue weighted by Gasteiger charge is 2.14. The maximum Gasteiger partial charge on any atom is 0.433 e. The van der Waals surface area contributed by atoms with Gasteiger partial charge in [-0.15, -0.1) is 0 Å². The molecule has 0 saturated carbocycles. The Hall–Kier alpha value is -4.27. The lowest BCUT2D eigenvalue weighted by molar-refractivity contribution is -0.402. The topological polar surface area (TPSA) is 116 Å². The Morgan fingerprint density at radius 3 is 2.70 bits per heavy atom. The van der Waals surface area contributed by atoms with Gasteiger partial charge in [-0.2, -0.15) is 5.10 Å². The van der Waals surface area contributed by atoms with E-state index in [1.807, 2.05) is 32.0 Å². The van der Waals surface area contributed by atoms with Crippen LogP contribution in [0.3, 0.4) is 0 Å². The number of hydrazone groups is 1. The SMILES string of the molecule is Cc1ccc(-n2c(N/N=C\c3ccc([N+](=O)[O-])o3)nc3ccccc3c2=O)c(C)c1. The van der Waals surface area contributed by atoms with Crippen molar-refractivity contribution in [3.8, 4) is 5.69 Å². The van der Waals surface area contributed by atoms with Crippen LogP contribution in [0.4, 0.5) is 11.8 Å². The summed E-state index contributed by atoms with van der Waals surface area (Å²) in [6.07, 6.45) is 1.28. The number of nitrogens with one attached hydrogen (secondary N) is 1. The third-order valence-electron chi connectivity index (χ3n) is 4.52. The van der Waals surface area contributed by atoms with Crippen molar-refractivity contribution in [3.63, 3.8) is 0 Å². The Morgan fingerprint density at radius 1 is 1.17 bits per heavy atom. The van der Waals surface area contributed by atoms with Crippen LogP contribution in [0.25, 0.3) is 16.6 Å². The van der Waals surface area contributed by atoms with Gasteiger partial charge in [0.25, 0.3) is 5.56 Å². The number of aromatic nitrogens is 2. The van der Waals surface area contributed by atoms with Gasteiger partial charge in [0.1, 0.15) is 4.92 Å². The van der Waals surface area contributed by atoms with E-state index < -0.39 is 4.92 Å². The summed E-state index contributed by atoms with van der Waals surface area (Å²) in [4.78, 5) is 27.9. The first-order chi connectivity index (χ1) is 14.4. The highest BCUT2D eigenvalue weighted by molar-refractivity contribution is 5.80. The number of hydrogen-bond acceptors (Lipinski definition) is 7. The Morgan fingerprint density at radius 2 is 1.97 bits per heavy atom. The van der Waals surface area contributed by atoms with Gasteiger partial charge < -0.3 is 4.42 Å². The summed E-state index contributed by atoms with van der Waals surface area (Å²) in [5.74, 6) is 0.0193. The molecule has 0 unspecified atom stereocenters. The molecule has 9 nitrogen and oxygen atoms in total. The molecule has 0 bridgehead atoms. The zero-order valence-corrected chi connectivity index (χ0v) is 16.2. The number of furan rings is 1. The first-order valence-electron chi connectivity index (χ1n) is 9.07. The molecular formula is C21H17N5O4. The van der Waals surface area contributed by atoms with Crippen LogP contribution in [-0.2, 0) is 0 Å². The van der Waals surface area contributed by atoms with Gasteiger partial charge in [-0.3, -0.25) is 14.9 Å². The molecule has 2 heterocycles. The van der Waals surface area contributed by atoms with Crippen LogP contribution in [0, 0.1) is 24.0 Å². The monoisotopic (exact) mass is 403 g/mol. The van der Waals surface area contributed by atoms with Crippen LogP contribution in [0.15, 0.2) is 68.9 Å². The standard InChI is InChI=1S/C21H17N5O4/c1-13-7-9-18(14(2)11-13)25-20(27)16-5-3-4-6-17(16)23-21(25)24-22-12-15-8-10-19(30-15)26(28)29/h3-12H,1-2H3,(H,23,24)/b22-12-. The number of fused-ring (bicyclic) bond motifs is 1. The minimum atomic E-state index is -0.631. The molecule has 0 saturated heterocycles. The van der Waals surface area contributed by atoms with Crippen molar-refractivity contribution in [1.29, 1.82) is 0 Å². The van der Waals surface area contributed by atoms with E-state index in [1.54, 1.807) is 24.3 Å². The third-order valence-corrected chi connectivity index (χ3v) is 4.52. The second kappa shape index (κ2) is 7.63. The van der Waals surface area contributed by atoms with Crippen molar-refractivity contribution >= 4 is 29.0 Å². The summed E-state index contributed by atoms with van der Waals surface area (Å²) in [5.41, 5.74) is 5.71. The maximum atomic E-state index is 13.2. The molecule has 0 aliphatic carbocycles. The van der Waals surface area contributed by atoms with Crippen LogP contribution >= 0.6 is 0 Å². The number of nitro groups is 1. The summed E-state index contributed by atoms with van der Waals surface area (Å²) < 4.78 is 6.50. The lowest BCUT2D eigenvalue weighted by Gasteiger charge is -2.15. The quantitative estimate of drug-likeness (QED) is 0.306. The fraction of sp³-hybridized carbons (Fsp3) is 0.0952. The predicted octanol–water partition coefficient (Wildman–Crippen LogP) is 3.95. The van der Waals surface area contributed by atoms with E-state index in [-0.39, 0.29) is 23.2 Å². The normalized spacial score (nSPS) is 11.3. The summed E-state index contributed by atoms with van der Waals surface area (Å²) in [7, 11) is 0. The molecule has 30 heavy (non-hydrogen) atoms. The molecule has 4 aromatic rings. The van der Waals surface area contributed by atoms with Crippen molar-refractivity contribution in [3.05, 3.63) is 92.0 Å². The molecule has 0 radical (unpaired) electrons. The van der Waals surface area contributed by atoms with E-state index in [0.29, 0.717) is 16.6 Å². The number of anilines is 1. The Balaban J connectivity index is 1.80. The number of para-hydroxylation sites is 1. The van der Waals surface area contributed by atoms with Crippen LogP contribution < -0.4 is 11.0 Å². The van der Waals surface area contributed by atoms with E-state index in [0.717, 1.165) is 11.1 Å². The number of rotatable bonds is 5. The van der Waals surface area contributed by atoms with Gasteiger partial charge in [-0.1, -0.05) is 29.8 Å². The smallest absolute Gasteiger partial charge is 0.400 e. The zero-order valence-electron chi connectivity index (χ0n) is 16.2. The number of hydrogen-bond donors (Lipinski definition) is 1. The van der Waals surface area contributed by atoms with Crippen LogP contribution in [0.2, 0.25) is 0 Å². The van der Waals surface area contributed by atoms with Crippen molar-refractivity contribution in [2.75, 3.05) is 5.43 Å². The molecule has 0 amide bonds. The first-order valence-corrected chi connectivity index (χ1v) is 9.07. The predicted molar refractivity (Wildman–Crippen MR) is 113 cm³/mol. The lowest BCUT2D eigenvalue weighted by Crippen LogP contribution is -2.23. The molecule has 2 aromatic carbocycles. The minimum absolute atomic E-state index is 0.190. The molecule has 0 aliphatic heterocycles. The van der Waals surface area contributed by atoms with Crippen molar-refractivity contribution in [1.82, 2.24) is 9.55 Å². The maximum absolute atomic E-state index is 13.2. The fourth-order valence-corrected chi connectivity index (χ4v) is 3.15. The summed E-state index contributed by atoms with van der Waals surface area (Å²) >= 11 is 0. The van der Waals surface area contributed by atoms with Gasteiger partial charge in [-0.05, 0) is 43.7 Å². The number of aryl methyl sites for hydroxylation is 2. The largest absolute Gasteiger partial charge is 0.433 e. The van der Waals surface area contributed by atoms with Crippen molar-refractivity contribution < 1.29 is 9.34 Å². The zero-order chi connectivity index (χ0) is 21.3. The van der Waals surface area contributed by atoms with Gasteiger partial charge in [-0.25, -0.2) is 15.0 Å². The minimum Gasteiger partial charge on any atom is -0.400 e. The Labute approximate surface area is 170 Å². The molecule has 1 N–H and O–H groups in total. The Kier molecular flexibility index (Phi) is 4.85. The second-order valence-electron chi connectivity index (χ2n) is 6.69. The fourth-order valence-electron chi connectivity index (χ4n) is 3.15. The van der Waals surface area contributed by atoms with Crippen LogP contribution in [-0.4, -0.2) is 20.7 Å².